The minimum atomic E-state index is 0.977. The fraction of sp³-hybridized carbons (Fsp3) is 0. The Hall–Kier alpha value is -3.75. The predicted octanol–water partition coefficient (Wildman–Crippen LogP) is 8.72. The average Bonchev–Trinajstić information content (AvgIpc) is 2.86. The SMILES string of the molecule is Sc1ccc(-c2ccc(Nc3ccccc3)c(-c3ccccc3)c2)cc1-c1ccccc1. The van der Waals surface area contributed by atoms with Gasteiger partial charge in [0.05, 0.1) is 0 Å². The maximum atomic E-state index is 4.71. The standard InChI is InChI=1S/C30H23NS/c32-30-19-17-25(21-28(30)23-12-6-2-7-13-23)24-16-18-29(31-26-14-8-3-9-15-26)27(20-24)22-10-4-1-5-11-22/h1-21,31-32H. The molecule has 0 amide bonds. The number of hydrogen-bond acceptors (Lipinski definition) is 2. The van der Waals surface area contributed by atoms with Gasteiger partial charge in [0.15, 0.2) is 0 Å². The fourth-order valence-electron chi connectivity index (χ4n) is 3.93. The second kappa shape index (κ2) is 9.17. The van der Waals surface area contributed by atoms with Crippen molar-refractivity contribution in [2.24, 2.45) is 0 Å². The molecule has 0 saturated heterocycles. The first-order valence-electron chi connectivity index (χ1n) is 10.7. The van der Waals surface area contributed by atoms with E-state index in [1.165, 1.54) is 27.8 Å². The van der Waals surface area contributed by atoms with Gasteiger partial charge in [-0.3, -0.25) is 0 Å². The number of anilines is 2. The Balaban J connectivity index is 1.60. The third kappa shape index (κ3) is 4.32. The van der Waals surface area contributed by atoms with Gasteiger partial charge in [0.1, 0.15) is 0 Å². The van der Waals surface area contributed by atoms with Gasteiger partial charge in [-0.1, -0.05) is 91.0 Å². The number of nitrogens with one attached hydrogen (secondary N) is 1. The lowest BCUT2D eigenvalue weighted by Gasteiger charge is -2.15. The molecule has 0 aliphatic carbocycles. The van der Waals surface area contributed by atoms with Crippen LogP contribution in [0.4, 0.5) is 11.4 Å². The van der Waals surface area contributed by atoms with Crippen LogP contribution in [-0.2, 0) is 0 Å². The van der Waals surface area contributed by atoms with Crippen molar-refractivity contribution >= 4 is 24.0 Å². The van der Waals surface area contributed by atoms with E-state index in [9.17, 15) is 0 Å². The lowest BCUT2D eigenvalue weighted by molar-refractivity contribution is 1.45. The minimum Gasteiger partial charge on any atom is -0.355 e. The van der Waals surface area contributed by atoms with Gasteiger partial charge in [-0.05, 0) is 64.2 Å². The molecule has 0 aliphatic heterocycles. The van der Waals surface area contributed by atoms with Crippen LogP contribution >= 0.6 is 12.6 Å². The number of benzene rings is 5. The first kappa shape index (κ1) is 20.2. The first-order valence-corrected chi connectivity index (χ1v) is 11.1. The van der Waals surface area contributed by atoms with Crippen molar-refractivity contribution in [2.75, 3.05) is 5.32 Å². The molecule has 1 nitrogen and oxygen atoms in total. The predicted molar refractivity (Wildman–Crippen MR) is 140 cm³/mol. The molecule has 5 rings (SSSR count). The second-order valence-corrected chi connectivity index (χ2v) is 8.20. The molecule has 0 aromatic heterocycles. The van der Waals surface area contributed by atoms with Gasteiger partial charge in [0.25, 0.3) is 0 Å². The number of para-hydroxylation sites is 1. The van der Waals surface area contributed by atoms with E-state index in [1.807, 2.05) is 24.3 Å². The highest BCUT2D eigenvalue weighted by Gasteiger charge is 2.10. The van der Waals surface area contributed by atoms with E-state index in [4.69, 9.17) is 12.6 Å². The summed E-state index contributed by atoms with van der Waals surface area (Å²) in [5, 5.41) is 3.58. The van der Waals surface area contributed by atoms with Crippen LogP contribution in [0.15, 0.2) is 132 Å². The van der Waals surface area contributed by atoms with Gasteiger partial charge in [-0.25, -0.2) is 0 Å². The summed E-state index contributed by atoms with van der Waals surface area (Å²) in [5.74, 6) is 0. The molecule has 0 fully saturated rings. The number of hydrogen-bond donors (Lipinski definition) is 2. The smallest absolute Gasteiger partial charge is 0.0464 e. The molecule has 1 N–H and O–H groups in total. The molecule has 0 aliphatic rings. The van der Waals surface area contributed by atoms with Crippen LogP contribution < -0.4 is 5.32 Å². The molecular weight excluding hydrogens is 406 g/mol. The molecule has 5 aromatic carbocycles. The summed E-state index contributed by atoms with van der Waals surface area (Å²) in [5.41, 5.74) is 9.16. The highest BCUT2D eigenvalue weighted by atomic mass is 32.1. The monoisotopic (exact) mass is 429 g/mol. The zero-order valence-corrected chi connectivity index (χ0v) is 18.5. The van der Waals surface area contributed by atoms with E-state index in [1.54, 1.807) is 0 Å². The van der Waals surface area contributed by atoms with Crippen LogP contribution in [0.25, 0.3) is 33.4 Å². The van der Waals surface area contributed by atoms with Crippen molar-refractivity contribution < 1.29 is 0 Å². The molecule has 0 heterocycles. The number of thiol groups is 1. The fourth-order valence-corrected chi connectivity index (χ4v) is 4.20. The Bertz CT molecular complexity index is 1330. The van der Waals surface area contributed by atoms with E-state index >= 15 is 0 Å². The maximum Gasteiger partial charge on any atom is 0.0464 e. The molecular formula is C30H23NS. The van der Waals surface area contributed by atoms with Crippen molar-refractivity contribution in [3.63, 3.8) is 0 Å². The third-order valence-corrected chi connectivity index (χ3v) is 5.96. The van der Waals surface area contributed by atoms with Crippen molar-refractivity contribution in [1.82, 2.24) is 0 Å². The third-order valence-electron chi connectivity index (χ3n) is 5.57. The summed E-state index contributed by atoms with van der Waals surface area (Å²) in [6, 6.07) is 44.3. The summed E-state index contributed by atoms with van der Waals surface area (Å²) in [4.78, 5) is 0.977. The molecule has 0 radical (unpaired) electrons. The summed E-state index contributed by atoms with van der Waals surface area (Å²) in [6.07, 6.45) is 0. The lowest BCUT2D eigenvalue weighted by atomic mass is 9.95. The van der Waals surface area contributed by atoms with Gasteiger partial charge >= 0.3 is 0 Å². The molecule has 5 aromatic rings. The van der Waals surface area contributed by atoms with Crippen molar-refractivity contribution in [2.45, 2.75) is 4.90 Å². The Kier molecular flexibility index (Phi) is 5.78. The van der Waals surface area contributed by atoms with E-state index in [2.05, 4.69) is 108 Å². The highest BCUT2D eigenvalue weighted by Crippen LogP contribution is 2.37. The zero-order chi connectivity index (χ0) is 21.8. The van der Waals surface area contributed by atoms with Crippen molar-refractivity contribution in [1.29, 1.82) is 0 Å². The first-order chi connectivity index (χ1) is 15.8. The van der Waals surface area contributed by atoms with Crippen LogP contribution in [0.1, 0.15) is 0 Å². The molecule has 0 spiro atoms. The van der Waals surface area contributed by atoms with Crippen LogP contribution in [-0.4, -0.2) is 0 Å². The summed E-state index contributed by atoms with van der Waals surface area (Å²) >= 11 is 4.71. The summed E-state index contributed by atoms with van der Waals surface area (Å²) < 4.78 is 0. The van der Waals surface area contributed by atoms with Gasteiger partial charge in [-0.15, -0.1) is 12.6 Å². The van der Waals surface area contributed by atoms with Gasteiger partial charge < -0.3 is 5.32 Å². The Morgan fingerprint density at radius 3 is 1.56 bits per heavy atom. The maximum absolute atomic E-state index is 4.71. The molecule has 0 atom stereocenters. The van der Waals surface area contributed by atoms with E-state index in [0.717, 1.165) is 21.8 Å². The molecule has 154 valence electrons. The van der Waals surface area contributed by atoms with E-state index < -0.39 is 0 Å². The largest absolute Gasteiger partial charge is 0.355 e. The Morgan fingerprint density at radius 1 is 0.438 bits per heavy atom. The van der Waals surface area contributed by atoms with Crippen LogP contribution in [0.3, 0.4) is 0 Å². The second-order valence-electron chi connectivity index (χ2n) is 7.72. The molecule has 0 bridgehead atoms. The summed E-state index contributed by atoms with van der Waals surface area (Å²) in [6.45, 7) is 0. The van der Waals surface area contributed by atoms with Crippen molar-refractivity contribution in [3.05, 3.63) is 127 Å². The lowest BCUT2D eigenvalue weighted by Crippen LogP contribution is -1.94. The zero-order valence-electron chi connectivity index (χ0n) is 17.6. The van der Waals surface area contributed by atoms with Gasteiger partial charge in [0, 0.05) is 21.8 Å². The van der Waals surface area contributed by atoms with Gasteiger partial charge in [-0.2, -0.15) is 0 Å². The number of rotatable bonds is 5. The highest BCUT2D eigenvalue weighted by molar-refractivity contribution is 7.80. The van der Waals surface area contributed by atoms with Crippen LogP contribution in [0, 0.1) is 0 Å². The molecule has 0 saturated carbocycles. The van der Waals surface area contributed by atoms with Gasteiger partial charge in [0.2, 0.25) is 0 Å². The topological polar surface area (TPSA) is 12.0 Å². The van der Waals surface area contributed by atoms with E-state index in [-0.39, 0.29) is 0 Å². The van der Waals surface area contributed by atoms with Crippen LogP contribution in [0.2, 0.25) is 0 Å². The molecule has 0 unspecified atom stereocenters. The molecule has 32 heavy (non-hydrogen) atoms. The minimum absolute atomic E-state index is 0.977. The Labute approximate surface area is 194 Å². The van der Waals surface area contributed by atoms with Crippen molar-refractivity contribution in [3.8, 4) is 33.4 Å². The molecule has 2 heteroatoms. The normalized spacial score (nSPS) is 10.7. The quantitative estimate of drug-likeness (QED) is 0.266. The van der Waals surface area contributed by atoms with Crippen LogP contribution in [0.5, 0.6) is 0 Å². The van der Waals surface area contributed by atoms with E-state index in [0.29, 0.717) is 0 Å². The Morgan fingerprint density at radius 2 is 0.938 bits per heavy atom. The average molecular weight is 430 g/mol. The summed E-state index contributed by atoms with van der Waals surface area (Å²) in [7, 11) is 0.